The summed E-state index contributed by atoms with van der Waals surface area (Å²) < 4.78 is 4.89. The second kappa shape index (κ2) is 9.19. The minimum Gasteiger partial charge on any atom is -0.454 e. The summed E-state index contributed by atoms with van der Waals surface area (Å²) in [5, 5.41) is 6.82. The number of hydrogen-bond acceptors (Lipinski definition) is 5. The maximum atomic E-state index is 11.9. The van der Waals surface area contributed by atoms with Crippen molar-refractivity contribution in [3.8, 4) is 0 Å². The molecule has 0 atom stereocenters. The molecule has 2 rings (SSSR count). The molecule has 0 aliphatic carbocycles. The molecular weight excluding hydrogens is 364 g/mol. The molecule has 0 aliphatic heterocycles. The van der Waals surface area contributed by atoms with Crippen LogP contribution in [0, 0.1) is 0 Å². The molecule has 0 unspecified atom stereocenters. The molecular formula is C17H17ClN2O4S. The Bertz CT molecular complexity index is 732. The van der Waals surface area contributed by atoms with Crippen LogP contribution >= 0.6 is 22.9 Å². The van der Waals surface area contributed by atoms with Gasteiger partial charge in [0.15, 0.2) is 6.61 Å². The molecule has 0 saturated heterocycles. The number of nitrogens with one attached hydrogen (secondary N) is 1. The van der Waals surface area contributed by atoms with Gasteiger partial charge in [-0.3, -0.25) is 14.4 Å². The Morgan fingerprint density at radius 3 is 2.56 bits per heavy atom. The van der Waals surface area contributed by atoms with Crippen molar-refractivity contribution >= 4 is 40.7 Å². The van der Waals surface area contributed by atoms with Gasteiger partial charge in [0.25, 0.3) is 11.8 Å². The molecule has 0 spiro atoms. The van der Waals surface area contributed by atoms with Gasteiger partial charge in [-0.2, -0.15) is 11.3 Å². The van der Waals surface area contributed by atoms with Gasteiger partial charge in [0.1, 0.15) is 6.54 Å². The number of esters is 1. The first-order valence-corrected chi connectivity index (χ1v) is 8.72. The molecule has 2 aromatic rings. The SMILES string of the molecule is CN(Cc1ccsc1)C(=O)COC(=O)CNC(=O)c1ccc(Cl)cc1. The van der Waals surface area contributed by atoms with Gasteiger partial charge in [0.05, 0.1) is 0 Å². The molecule has 132 valence electrons. The van der Waals surface area contributed by atoms with Crippen molar-refractivity contribution in [3.05, 3.63) is 57.2 Å². The van der Waals surface area contributed by atoms with Crippen LogP contribution in [0.1, 0.15) is 15.9 Å². The lowest BCUT2D eigenvalue weighted by Gasteiger charge is -2.16. The van der Waals surface area contributed by atoms with Crippen molar-refractivity contribution in [2.75, 3.05) is 20.2 Å². The number of nitrogens with zero attached hydrogens (tertiary/aromatic N) is 1. The summed E-state index contributed by atoms with van der Waals surface area (Å²) >= 11 is 7.29. The lowest BCUT2D eigenvalue weighted by atomic mass is 10.2. The van der Waals surface area contributed by atoms with Crippen LogP contribution in [-0.2, 0) is 20.9 Å². The smallest absolute Gasteiger partial charge is 0.325 e. The number of likely N-dealkylation sites (N-methyl/N-ethyl adjacent to an activating group) is 1. The fourth-order valence-corrected chi connectivity index (χ4v) is 2.69. The average Bonchev–Trinajstić information content (AvgIpc) is 3.11. The summed E-state index contributed by atoms with van der Waals surface area (Å²) in [6.07, 6.45) is 0. The largest absolute Gasteiger partial charge is 0.454 e. The number of benzene rings is 1. The van der Waals surface area contributed by atoms with E-state index in [4.69, 9.17) is 16.3 Å². The van der Waals surface area contributed by atoms with E-state index in [1.807, 2.05) is 16.8 Å². The fraction of sp³-hybridized carbons (Fsp3) is 0.235. The third-order valence-corrected chi connectivity index (χ3v) is 4.27. The second-order valence-electron chi connectivity index (χ2n) is 5.23. The Morgan fingerprint density at radius 2 is 1.92 bits per heavy atom. The van der Waals surface area contributed by atoms with Crippen molar-refractivity contribution in [2.45, 2.75) is 6.54 Å². The van der Waals surface area contributed by atoms with Crippen molar-refractivity contribution in [1.82, 2.24) is 10.2 Å². The zero-order valence-electron chi connectivity index (χ0n) is 13.5. The molecule has 0 saturated carbocycles. The summed E-state index contributed by atoms with van der Waals surface area (Å²) in [5.74, 6) is -1.42. The summed E-state index contributed by atoms with van der Waals surface area (Å²) in [6.45, 7) is -0.230. The lowest BCUT2D eigenvalue weighted by Crippen LogP contribution is -2.34. The van der Waals surface area contributed by atoms with Gasteiger partial charge in [-0.25, -0.2) is 0 Å². The number of amides is 2. The van der Waals surface area contributed by atoms with Gasteiger partial charge in [-0.15, -0.1) is 0 Å². The summed E-state index contributed by atoms with van der Waals surface area (Å²) in [4.78, 5) is 36.9. The van der Waals surface area contributed by atoms with E-state index >= 15 is 0 Å². The van der Waals surface area contributed by atoms with Crippen LogP contribution in [0.15, 0.2) is 41.1 Å². The number of ether oxygens (including phenoxy) is 1. The molecule has 8 heteroatoms. The fourth-order valence-electron chi connectivity index (χ4n) is 1.90. The van der Waals surface area contributed by atoms with Crippen LogP contribution in [-0.4, -0.2) is 42.9 Å². The van der Waals surface area contributed by atoms with Crippen molar-refractivity contribution < 1.29 is 19.1 Å². The number of rotatable bonds is 7. The first kappa shape index (κ1) is 19.0. The predicted octanol–water partition coefficient (Wildman–Crippen LogP) is 2.33. The van der Waals surface area contributed by atoms with Crippen LogP contribution in [0.25, 0.3) is 0 Å². The molecule has 0 fully saturated rings. The molecule has 0 radical (unpaired) electrons. The van der Waals surface area contributed by atoms with Crippen molar-refractivity contribution in [2.24, 2.45) is 0 Å². The highest BCUT2D eigenvalue weighted by Gasteiger charge is 2.14. The molecule has 1 aromatic carbocycles. The molecule has 0 aliphatic rings. The highest BCUT2D eigenvalue weighted by Crippen LogP contribution is 2.09. The minimum atomic E-state index is -0.681. The van der Waals surface area contributed by atoms with Crippen LogP contribution in [0.3, 0.4) is 0 Å². The van der Waals surface area contributed by atoms with Gasteiger partial charge in [-0.05, 0) is 46.7 Å². The molecule has 6 nitrogen and oxygen atoms in total. The summed E-state index contributed by atoms with van der Waals surface area (Å²) in [7, 11) is 1.64. The first-order valence-electron chi connectivity index (χ1n) is 7.40. The second-order valence-corrected chi connectivity index (χ2v) is 6.45. The Kier molecular flexibility index (Phi) is 6.97. The third-order valence-electron chi connectivity index (χ3n) is 3.28. The summed E-state index contributed by atoms with van der Waals surface area (Å²) in [6, 6.07) is 8.18. The molecule has 0 bridgehead atoms. The van der Waals surface area contributed by atoms with Crippen molar-refractivity contribution in [1.29, 1.82) is 0 Å². The predicted molar refractivity (Wildman–Crippen MR) is 95.5 cm³/mol. The maximum Gasteiger partial charge on any atom is 0.325 e. The number of carbonyl (C=O) groups excluding carboxylic acids is 3. The van der Waals surface area contributed by atoms with Gasteiger partial charge in [0, 0.05) is 24.2 Å². The highest BCUT2D eigenvalue weighted by atomic mass is 35.5. The molecule has 1 N–H and O–H groups in total. The number of halogens is 1. The quantitative estimate of drug-likeness (QED) is 0.748. The average molecular weight is 381 g/mol. The van der Waals surface area contributed by atoms with E-state index in [9.17, 15) is 14.4 Å². The Labute approximate surface area is 154 Å². The molecule has 25 heavy (non-hydrogen) atoms. The molecule has 1 heterocycles. The lowest BCUT2D eigenvalue weighted by molar-refractivity contribution is -0.150. The minimum absolute atomic E-state index is 0.316. The van der Waals surface area contributed by atoms with E-state index in [-0.39, 0.29) is 19.1 Å². The van der Waals surface area contributed by atoms with Gasteiger partial charge < -0.3 is 15.0 Å². The van der Waals surface area contributed by atoms with E-state index in [1.165, 1.54) is 4.90 Å². The zero-order chi connectivity index (χ0) is 18.2. The Hall–Kier alpha value is -2.38. The van der Waals surface area contributed by atoms with E-state index in [1.54, 1.807) is 42.6 Å². The number of carbonyl (C=O) groups is 3. The van der Waals surface area contributed by atoms with Crippen LogP contribution in [0.2, 0.25) is 5.02 Å². The standard InChI is InChI=1S/C17H17ClN2O4S/c1-20(9-12-6-7-25-11-12)15(21)10-24-16(22)8-19-17(23)13-2-4-14(18)5-3-13/h2-7,11H,8-10H2,1H3,(H,19,23). The topological polar surface area (TPSA) is 75.7 Å². The Morgan fingerprint density at radius 1 is 1.20 bits per heavy atom. The molecule has 1 aromatic heterocycles. The Balaban J connectivity index is 1.70. The maximum absolute atomic E-state index is 11.9. The van der Waals surface area contributed by atoms with Crippen LogP contribution < -0.4 is 5.32 Å². The van der Waals surface area contributed by atoms with Gasteiger partial charge in [0.2, 0.25) is 0 Å². The number of hydrogen-bond donors (Lipinski definition) is 1. The normalized spacial score (nSPS) is 10.2. The monoisotopic (exact) mass is 380 g/mol. The van der Waals surface area contributed by atoms with Crippen molar-refractivity contribution in [3.63, 3.8) is 0 Å². The van der Waals surface area contributed by atoms with E-state index < -0.39 is 11.9 Å². The van der Waals surface area contributed by atoms with E-state index in [2.05, 4.69) is 5.32 Å². The summed E-state index contributed by atoms with van der Waals surface area (Å²) in [5.41, 5.74) is 1.39. The molecule has 2 amide bonds. The van der Waals surface area contributed by atoms with Gasteiger partial charge >= 0.3 is 5.97 Å². The third kappa shape index (κ3) is 6.21. The number of thiophene rings is 1. The van der Waals surface area contributed by atoms with Crippen LogP contribution in [0.4, 0.5) is 0 Å². The first-order chi connectivity index (χ1) is 12.0. The van der Waals surface area contributed by atoms with E-state index in [0.29, 0.717) is 17.1 Å². The zero-order valence-corrected chi connectivity index (χ0v) is 15.1. The van der Waals surface area contributed by atoms with Gasteiger partial charge in [-0.1, -0.05) is 11.6 Å². The van der Waals surface area contributed by atoms with E-state index in [0.717, 1.165) is 5.56 Å². The van der Waals surface area contributed by atoms with Crippen LogP contribution in [0.5, 0.6) is 0 Å². The highest BCUT2D eigenvalue weighted by molar-refractivity contribution is 7.07.